The first kappa shape index (κ1) is 17.2. The second kappa shape index (κ2) is 7.98. The van der Waals surface area contributed by atoms with Crippen LogP contribution in [0.1, 0.15) is 41.9 Å². The topological polar surface area (TPSA) is 74.6 Å². The largest absolute Gasteiger partial charge is 0.468 e. The fourth-order valence-electron chi connectivity index (χ4n) is 3.10. The van der Waals surface area contributed by atoms with Gasteiger partial charge < -0.3 is 15.1 Å². The summed E-state index contributed by atoms with van der Waals surface area (Å²) in [6, 6.07) is 10.4. The average molecular weight is 341 g/mol. The highest BCUT2D eigenvalue weighted by Gasteiger charge is 2.25. The van der Waals surface area contributed by atoms with Crippen LogP contribution in [0.4, 0.5) is 10.5 Å². The van der Waals surface area contributed by atoms with E-state index in [9.17, 15) is 9.59 Å². The monoisotopic (exact) mass is 341 g/mol. The van der Waals surface area contributed by atoms with Gasteiger partial charge in [0.15, 0.2) is 5.78 Å². The first-order chi connectivity index (χ1) is 12.1. The molecule has 0 spiro atoms. The van der Waals surface area contributed by atoms with Crippen molar-refractivity contribution in [3.63, 3.8) is 0 Å². The van der Waals surface area contributed by atoms with E-state index in [1.165, 1.54) is 19.8 Å². The van der Waals surface area contributed by atoms with Gasteiger partial charge in [-0.15, -0.1) is 0 Å². The number of hydrogen-bond donors (Lipinski definition) is 2. The predicted molar refractivity (Wildman–Crippen MR) is 95.7 cm³/mol. The Bertz CT molecular complexity index is 704. The van der Waals surface area contributed by atoms with Crippen molar-refractivity contribution in [1.29, 1.82) is 0 Å². The summed E-state index contributed by atoms with van der Waals surface area (Å²) < 4.78 is 5.55. The minimum Gasteiger partial charge on any atom is -0.468 e. The van der Waals surface area contributed by atoms with Gasteiger partial charge in [-0.05, 0) is 69.3 Å². The Morgan fingerprint density at radius 3 is 2.48 bits per heavy atom. The number of amides is 2. The Morgan fingerprint density at radius 2 is 1.88 bits per heavy atom. The highest BCUT2D eigenvalue weighted by Crippen LogP contribution is 2.24. The average Bonchev–Trinajstić information content (AvgIpc) is 3.29. The summed E-state index contributed by atoms with van der Waals surface area (Å²) in [5.74, 6) is 0.871. The molecule has 1 fully saturated rings. The molecule has 2 N–H and O–H groups in total. The van der Waals surface area contributed by atoms with Crippen LogP contribution in [0.5, 0.6) is 0 Å². The van der Waals surface area contributed by atoms with E-state index in [1.54, 1.807) is 30.5 Å². The van der Waals surface area contributed by atoms with Gasteiger partial charge in [-0.2, -0.15) is 0 Å². The van der Waals surface area contributed by atoms with Crippen LogP contribution in [0.25, 0.3) is 0 Å². The van der Waals surface area contributed by atoms with Crippen molar-refractivity contribution < 1.29 is 14.0 Å². The van der Waals surface area contributed by atoms with Gasteiger partial charge in [0.2, 0.25) is 0 Å². The van der Waals surface area contributed by atoms with E-state index in [0.717, 1.165) is 18.8 Å². The minimum absolute atomic E-state index is 0.00269. The van der Waals surface area contributed by atoms with Crippen LogP contribution in [0.3, 0.4) is 0 Å². The van der Waals surface area contributed by atoms with Crippen molar-refractivity contribution in [2.45, 2.75) is 25.8 Å². The van der Waals surface area contributed by atoms with Crippen LogP contribution in [0.2, 0.25) is 0 Å². The van der Waals surface area contributed by atoms with E-state index >= 15 is 0 Å². The summed E-state index contributed by atoms with van der Waals surface area (Å²) in [5.41, 5.74) is 1.27. The molecule has 1 atom stereocenters. The Hall–Kier alpha value is -2.60. The maximum Gasteiger partial charge on any atom is 0.319 e. The molecular weight excluding hydrogens is 318 g/mol. The number of rotatable bonds is 6. The van der Waals surface area contributed by atoms with Crippen LogP contribution in [0, 0.1) is 0 Å². The number of nitrogens with one attached hydrogen (secondary N) is 2. The summed E-state index contributed by atoms with van der Waals surface area (Å²) in [5, 5.41) is 5.70. The van der Waals surface area contributed by atoms with E-state index in [2.05, 4.69) is 15.5 Å². The molecule has 6 heteroatoms. The van der Waals surface area contributed by atoms with Crippen LogP contribution in [-0.2, 0) is 0 Å². The van der Waals surface area contributed by atoms with E-state index in [4.69, 9.17) is 4.42 Å². The SMILES string of the molecule is CC(=O)c1ccc(NC(=O)NC[C@H](c2ccco2)N2CCCC2)cc1. The number of furan rings is 1. The number of benzene rings is 1. The molecule has 1 aromatic carbocycles. The van der Waals surface area contributed by atoms with Crippen LogP contribution >= 0.6 is 0 Å². The molecule has 0 aliphatic carbocycles. The zero-order valence-electron chi connectivity index (χ0n) is 14.3. The van der Waals surface area contributed by atoms with Crippen molar-refractivity contribution in [2.75, 3.05) is 25.0 Å². The molecule has 2 aromatic rings. The lowest BCUT2D eigenvalue weighted by molar-refractivity contribution is 0.101. The third kappa shape index (κ3) is 4.48. The summed E-state index contributed by atoms with van der Waals surface area (Å²) in [6.45, 7) is 4.02. The normalized spacial score (nSPS) is 15.7. The van der Waals surface area contributed by atoms with E-state index in [0.29, 0.717) is 17.8 Å². The Balaban J connectivity index is 1.57. The highest BCUT2D eigenvalue weighted by molar-refractivity contribution is 5.95. The van der Waals surface area contributed by atoms with Crippen LogP contribution < -0.4 is 10.6 Å². The number of urea groups is 1. The Labute approximate surface area is 147 Å². The van der Waals surface area contributed by atoms with Crippen molar-refractivity contribution in [3.05, 3.63) is 54.0 Å². The molecule has 2 amide bonds. The summed E-state index contributed by atoms with van der Waals surface area (Å²) in [6.07, 6.45) is 4.01. The Kier molecular flexibility index (Phi) is 5.50. The molecule has 1 aromatic heterocycles. The first-order valence-electron chi connectivity index (χ1n) is 8.57. The van der Waals surface area contributed by atoms with Crippen molar-refractivity contribution in [3.8, 4) is 0 Å². The number of anilines is 1. The molecule has 2 heterocycles. The Morgan fingerprint density at radius 1 is 1.16 bits per heavy atom. The minimum atomic E-state index is -0.272. The standard InChI is InChI=1S/C19H23N3O3/c1-14(23)15-6-8-16(9-7-15)21-19(24)20-13-17(18-5-4-12-25-18)22-10-2-3-11-22/h4-9,12,17H,2-3,10-11,13H2,1H3,(H2,20,21,24)/t17-/m1/s1. The third-order valence-electron chi connectivity index (χ3n) is 4.46. The van der Waals surface area contributed by atoms with Crippen molar-refractivity contribution in [1.82, 2.24) is 10.2 Å². The van der Waals surface area contributed by atoms with E-state index < -0.39 is 0 Å². The van der Waals surface area contributed by atoms with Gasteiger partial charge in [0.1, 0.15) is 5.76 Å². The summed E-state index contributed by atoms with van der Waals surface area (Å²) in [7, 11) is 0. The third-order valence-corrected chi connectivity index (χ3v) is 4.46. The van der Waals surface area contributed by atoms with Crippen LogP contribution in [-0.4, -0.2) is 36.3 Å². The first-order valence-corrected chi connectivity index (χ1v) is 8.57. The number of nitrogens with zero attached hydrogens (tertiary/aromatic N) is 1. The van der Waals surface area contributed by atoms with Crippen molar-refractivity contribution >= 4 is 17.5 Å². The van der Waals surface area contributed by atoms with Gasteiger partial charge in [-0.25, -0.2) is 4.79 Å². The highest BCUT2D eigenvalue weighted by atomic mass is 16.3. The number of carbonyl (C=O) groups excluding carboxylic acids is 2. The zero-order valence-corrected chi connectivity index (χ0v) is 14.3. The molecule has 25 heavy (non-hydrogen) atoms. The molecule has 6 nitrogen and oxygen atoms in total. The predicted octanol–water partition coefficient (Wildman–Crippen LogP) is 3.44. The number of likely N-dealkylation sites (tertiary alicyclic amines) is 1. The molecule has 1 saturated heterocycles. The number of carbonyl (C=O) groups is 2. The van der Waals surface area contributed by atoms with Gasteiger partial charge in [0, 0.05) is 17.8 Å². The molecule has 3 rings (SSSR count). The second-order valence-electron chi connectivity index (χ2n) is 6.24. The van der Waals surface area contributed by atoms with Crippen molar-refractivity contribution in [2.24, 2.45) is 0 Å². The quantitative estimate of drug-likeness (QED) is 0.789. The lowest BCUT2D eigenvalue weighted by Crippen LogP contribution is -2.38. The molecule has 132 valence electrons. The van der Waals surface area contributed by atoms with E-state index in [1.807, 2.05) is 12.1 Å². The number of Topliss-reactive ketones (excluding diaryl/α,β-unsaturated/α-hetero) is 1. The van der Waals surface area contributed by atoms with Crippen LogP contribution in [0.15, 0.2) is 47.1 Å². The molecule has 1 aliphatic heterocycles. The maximum atomic E-state index is 12.2. The number of ketones is 1. The van der Waals surface area contributed by atoms with Gasteiger partial charge in [-0.1, -0.05) is 0 Å². The fraction of sp³-hybridized carbons (Fsp3) is 0.368. The van der Waals surface area contributed by atoms with Gasteiger partial charge >= 0.3 is 6.03 Å². The van der Waals surface area contributed by atoms with E-state index in [-0.39, 0.29) is 17.9 Å². The van der Waals surface area contributed by atoms with Gasteiger partial charge in [0.25, 0.3) is 0 Å². The molecular formula is C19H23N3O3. The number of hydrogen-bond acceptors (Lipinski definition) is 4. The summed E-state index contributed by atoms with van der Waals surface area (Å²) in [4.78, 5) is 25.8. The van der Waals surface area contributed by atoms with Gasteiger partial charge in [-0.3, -0.25) is 9.69 Å². The maximum absolute atomic E-state index is 12.2. The smallest absolute Gasteiger partial charge is 0.319 e. The molecule has 0 bridgehead atoms. The zero-order chi connectivity index (χ0) is 17.6. The van der Waals surface area contributed by atoms with Gasteiger partial charge in [0.05, 0.1) is 12.3 Å². The second-order valence-corrected chi connectivity index (χ2v) is 6.24. The molecule has 1 aliphatic rings. The fourth-order valence-corrected chi connectivity index (χ4v) is 3.10. The molecule has 0 saturated carbocycles. The molecule has 0 unspecified atom stereocenters. The lowest BCUT2D eigenvalue weighted by atomic mass is 10.1. The summed E-state index contributed by atoms with van der Waals surface area (Å²) >= 11 is 0. The molecule has 0 radical (unpaired) electrons. The lowest BCUT2D eigenvalue weighted by Gasteiger charge is -2.26.